The molecule has 130 valence electrons. The number of carbonyl (C=O) groups excluding carboxylic acids is 2. The fourth-order valence-corrected chi connectivity index (χ4v) is 4.30. The van der Waals surface area contributed by atoms with E-state index in [0.717, 1.165) is 17.1 Å². The van der Waals surface area contributed by atoms with E-state index < -0.39 is 0 Å². The number of thioether (sulfide) groups is 1. The number of imide groups is 1. The van der Waals surface area contributed by atoms with Gasteiger partial charge in [0.2, 0.25) is 0 Å². The number of para-hydroxylation sites is 2. The Bertz CT molecular complexity index is 812. The molecule has 0 fully saturated rings. The van der Waals surface area contributed by atoms with Gasteiger partial charge < -0.3 is 4.74 Å². The smallest absolute Gasteiger partial charge is 0.272 e. The molecule has 2 aromatic rings. The Morgan fingerprint density at radius 1 is 1.08 bits per heavy atom. The molecule has 0 saturated carbocycles. The highest BCUT2D eigenvalue weighted by atomic mass is 32.2. The summed E-state index contributed by atoms with van der Waals surface area (Å²) in [6, 6.07) is 11.0. The zero-order valence-electron chi connectivity index (χ0n) is 14.2. The van der Waals surface area contributed by atoms with Crippen molar-refractivity contribution < 1.29 is 14.3 Å². The first-order valence-electron chi connectivity index (χ1n) is 8.20. The summed E-state index contributed by atoms with van der Waals surface area (Å²) >= 11 is 2.88. The van der Waals surface area contributed by atoms with Gasteiger partial charge in [-0.1, -0.05) is 32.0 Å². The Hall–Kier alpha value is -2.05. The van der Waals surface area contributed by atoms with Gasteiger partial charge in [0, 0.05) is 4.88 Å². The summed E-state index contributed by atoms with van der Waals surface area (Å²) < 4.78 is 5.75. The summed E-state index contributed by atoms with van der Waals surface area (Å²) in [7, 11) is 0. The number of thiophene rings is 1. The summed E-state index contributed by atoms with van der Waals surface area (Å²) in [5.41, 5.74) is 1.00. The van der Waals surface area contributed by atoms with Crippen molar-refractivity contribution in [2.75, 3.05) is 17.3 Å². The fraction of sp³-hybridized carbons (Fsp3) is 0.263. The van der Waals surface area contributed by atoms with E-state index in [-0.39, 0.29) is 11.8 Å². The van der Waals surface area contributed by atoms with Crippen LogP contribution in [0, 0.1) is 0 Å². The van der Waals surface area contributed by atoms with Crippen LogP contribution >= 0.6 is 23.1 Å². The van der Waals surface area contributed by atoms with Crippen LogP contribution in [-0.2, 0) is 9.59 Å². The van der Waals surface area contributed by atoms with Gasteiger partial charge in [-0.2, -0.15) is 0 Å². The highest BCUT2D eigenvalue weighted by Gasteiger charge is 2.41. The SMILES string of the molecule is CCCOc1ccccc1N1C(=O)C(SCC)=C(c2cccs2)C1=O. The molecule has 0 saturated heterocycles. The van der Waals surface area contributed by atoms with Gasteiger partial charge in [0.25, 0.3) is 11.8 Å². The van der Waals surface area contributed by atoms with Crippen LogP contribution in [0.15, 0.2) is 46.7 Å². The zero-order valence-corrected chi connectivity index (χ0v) is 15.8. The Balaban J connectivity index is 2.04. The molecule has 2 heterocycles. The standard InChI is InChI=1S/C19H19NO3S2/c1-3-11-23-14-9-6-5-8-13(14)20-18(21)16(15-10-7-12-25-15)17(19(20)22)24-4-2/h5-10,12H,3-4,11H2,1-2H3. The maximum Gasteiger partial charge on any atom is 0.272 e. The third-order valence-corrected chi connectivity index (χ3v) is 5.51. The van der Waals surface area contributed by atoms with Crippen LogP contribution < -0.4 is 9.64 Å². The van der Waals surface area contributed by atoms with Crippen LogP contribution in [0.3, 0.4) is 0 Å². The highest BCUT2D eigenvalue weighted by Crippen LogP contribution is 2.42. The second-order valence-corrected chi connectivity index (χ2v) is 7.60. The minimum absolute atomic E-state index is 0.271. The first kappa shape index (κ1) is 17.8. The van der Waals surface area contributed by atoms with Crippen molar-refractivity contribution in [3.8, 4) is 5.75 Å². The Labute approximate surface area is 155 Å². The predicted molar refractivity (Wildman–Crippen MR) is 104 cm³/mol. The van der Waals surface area contributed by atoms with E-state index in [4.69, 9.17) is 4.74 Å². The van der Waals surface area contributed by atoms with Crippen molar-refractivity contribution in [3.63, 3.8) is 0 Å². The summed E-state index contributed by atoms with van der Waals surface area (Å²) in [4.78, 5) is 28.7. The Kier molecular flexibility index (Phi) is 5.60. The normalized spacial score (nSPS) is 14.6. The molecule has 1 aliphatic rings. The van der Waals surface area contributed by atoms with Crippen LogP contribution in [0.2, 0.25) is 0 Å². The average Bonchev–Trinajstić information content (AvgIpc) is 3.21. The minimum Gasteiger partial charge on any atom is -0.491 e. The number of nitrogens with zero attached hydrogens (tertiary/aromatic N) is 1. The van der Waals surface area contributed by atoms with Gasteiger partial charge in [-0.05, 0) is 35.8 Å². The number of carbonyl (C=O) groups is 2. The van der Waals surface area contributed by atoms with E-state index in [9.17, 15) is 9.59 Å². The lowest BCUT2D eigenvalue weighted by atomic mass is 10.2. The molecule has 0 N–H and O–H groups in total. The van der Waals surface area contributed by atoms with E-state index in [1.165, 1.54) is 28.0 Å². The molecular formula is C19H19NO3S2. The molecular weight excluding hydrogens is 354 g/mol. The van der Waals surface area contributed by atoms with Crippen LogP contribution in [0.1, 0.15) is 25.1 Å². The largest absolute Gasteiger partial charge is 0.491 e. The van der Waals surface area contributed by atoms with Crippen LogP contribution in [0.5, 0.6) is 5.75 Å². The minimum atomic E-state index is -0.282. The summed E-state index contributed by atoms with van der Waals surface area (Å²) in [5, 5.41) is 1.91. The molecule has 0 radical (unpaired) electrons. The third-order valence-electron chi connectivity index (χ3n) is 3.67. The monoisotopic (exact) mass is 373 g/mol. The topological polar surface area (TPSA) is 46.6 Å². The predicted octanol–water partition coefficient (Wildman–Crippen LogP) is 4.57. The van der Waals surface area contributed by atoms with E-state index in [0.29, 0.717) is 28.5 Å². The van der Waals surface area contributed by atoms with Crippen LogP contribution in [-0.4, -0.2) is 24.2 Å². The Morgan fingerprint density at radius 2 is 1.88 bits per heavy atom. The first-order valence-corrected chi connectivity index (χ1v) is 10.1. The number of ether oxygens (including phenoxy) is 1. The number of rotatable bonds is 7. The molecule has 6 heteroatoms. The molecule has 1 aliphatic heterocycles. The van der Waals surface area contributed by atoms with Gasteiger partial charge in [-0.15, -0.1) is 23.1 Å². The second kappa shape index (κ2) is 7.89. The van der Waals surface area contributed by atoms with Gasteiger partial charge in [-0.25, -0.2) is 4.90 Å². The lowest BCUT2D eigenvalue weighted by Gasteiger charge is -2.19. The third kappa shape index (κ3) is 3.37. The number of benzene rings is 1. The van der Waals surface area contributed by atoms with Crippen molar-refractivity contribution in [2.45, 2.75) is 20.3 Å². The van der Waals surface area contributed by atoms with Gasteiger partial charge >= 0.3 is 0 Å². The van der Waals surface area contributed by atoms with Gasteiger partial charge in [0.15, 0.2) is 0 Å². The van der Waals surface area contributed by atoms with Crippen molar-refractivity contribution >= 4 is 46.2 Å². The van der Waals surface area contributed by atoms with Gasteiger partial charge in [0.05, 0.1) is 22.8 Å². The van der Waals surface area contributed by atoms with Gasteiger partial charge in [0.1, 0.15) is 5.75 Å². The molecule has 2 amide bonds. The van der Waals surface area contributed by atoms with Crippen molar-refractivity contribution in [3.05, 3.63) is 51.6 Å². The van der Waals surface area contributed by atoms with Crippen LogP contribution in [0.4, 0.5) is 5.69 Å². The van der Waals surface area contributed by atoms with E-state index >= 15 is 0 Å². The number of hydrogen-bond donors (Lipinski definition) is 0. The quantitative estimate of drug-likeness (QED) is 0.667. The fourth-order valence-electron chi connectivity index (χ4n) is 2.62. The van der Waals surface area contributed by atoms with Crippen molar-refractivity contribution in [2.24, 2.45) is 0 Å². The summed E-state index contributed by atoms with van der Waals surface area (Å²) in [5.74, 6) is 0.730. The van der Waals surface area contributed by atoms with Crippen LogP contribution in [0.25, 0.3) is 5.57 Å². The highest BCUT2D eigenvalue weighted by molar-refractivity contribution is 8.04. The number of anilines is 1. The molecule has 0 spiro atoms. The average molecular weight is 373 g/mol. The first-order chi connectivity index (χ1) is 12.2. The summed E-state index contributed by atoms with van der Waals surface area (Å²) in [6.07, 6.45) is 0.853. The molecule has 25 heavy (non-hydrogen) atoms. The Morgan fingerprint density at radius 3 is 2.56 bits per heavy atom. The number of amides is 2. The molecule has 3 rings (SSSR count). The van der Waals surface area contributed by atoms with Crippen molar-refractivity contribution in [1.82, 2.24) is 0 Å². The van der Waals surface area contributed by atoms with E-state index in [2.05, 4.69) is 0 Å². The lowest BCUT2D eigenvalue weighted by molar-refractivity contribution is -0.119. The maximum atomic E-state index is 13.1. The molecule has 0 bridgehead atoms. The molecule has 4 nitrogen and oxygen atoms in total. The molecule has 0 unspecified atom stereocenters. The lowest BCUT2D eigenvalue weighted by Crippen LogP contribution is -2.31. The molecule has 1 aromatic heterocycles. The summed E-state index contributed by atoms with van der Waals surface area (Å²) in [6.45, 7) is 4.53. The van der Waals surface area contributed by atoms with E-state index in [1.807, 2.05) is 43.5 Å². The van der Waals surface area contributed by atoms with E-state index in [1.54, 1.807) is 12.1 Å². The maximum absolute atomic E-state index is 13.1. The van der Waals surface area contributed by atoms with Gasteiger partial charge in [-0.3, -0.25) is 9.59 Å². The van der Waals surface area contributed by atoms with Crippen molar-refractivity contribution in [1.29, 1.82) is 0 Å². The second-order valence-electron chi connectivity index (χ2n) is 5.38. The number of hydrogen-bond acceptors (Lipinski definition) is 5. The molecule has 0 atom stereocenters. The molecule has 1 aromatic carbocycles. The zero-order chi connectivity index (χ0) is 17.8. The molecule has 0 aliphatic carbocycles.